The lowest BCUT2D eigenvalue weighted by Gasteiger charge is -2.28. The second-order valence-electron chi connectivity index (χ2n) is 8.88. The van der Waals surface area contributed by atoms with Crippen molar-refractivity contribution in [3.05, 3.63) is 35.9 Å². The Kier molecular flexibility index (Phi) is 11.0. The van der Waals surface area contributed by atoms with E-state index in [2.05, 4.69) is 10.6 Å². The van der Waals surface area contributed by atoms with Gasteiger partial charge in [-0.2, -0.15) is 0 Å². The Bertz CT molecular complexity index is 1000. The Hall–Kier alpha value is -4.00. The summed E-state index contributed by atoms with van der Waals surface area (Å²) in [4.78, 5) is 73.8. The summed E-state index contributed by atoms with van der Waals surface area (Å²) in [7, 11) is 0. The Morgan fingerprint density at radius 2 is 1.65 bits per heavy atom. The van der Waals surface area contributed by atoms with E-state index in [4.69, 9.17) is 16.6 Å². The summed E-state index contributed by atoms with van der Waals surface area (Å²) in [6, 6.07) is 4.16. The van der Waals surface area contributed by atoms with Crippen LogP contribution in [0.5, 0.6) is 0 Å². The Labute approximate surface area is 213 Å². The molecule has 202 valence electrons. The highest BCUT2D eigenvalue weighted by Crippen LogP contribution is 2.20. The quantitative estimate of drug-likeness (QED) is 0.172. The van der Waals surface area contributed by atoms with Gasteiger partial charge in [0, 0.05) is 25.8 Å². The van der Waals surface area contributed by atoms with Gasteiger partial charge in [0.15, 0.2) is 0 Å². The van der Waals surface area contributed by atoms with E-state index in [1.165, 1.54) is 4.90 Å². The third-order valence-corrected chi connectivity index (χ3v) is 6.03. The maximum absolute atomic E-state index is 13.2. The monoisotopic (exact) mass is 519 g/mol. The SMILES string of the molecule is NC(=O)CCC(NC(=O)C(Cc1ccccc1)NC(=O)C1CCCN1C(=O)C(N)CCC(=O)O)C(=O)O. The molecule has 0 spiro atoms. The van der Waals surface area contributed by atoms with E-state index in [0.29, 0.717) is 18.4 Å². The zero-order valence-corrected chi connectivity index (χ0v) is 20.3. The third kappa shape index (κ3) is 9.18. The van der Waals surface area contributed by atoms with E-state index in [1.54, 1.807) is 30.3 Å². The summed E-state index contributed by atoms with van der Waals surface area (Å²) in [6.07, 6.45) is 0.0188. The minimum atomic E-state index is -1.40. The molecule has 0 aromatic heterocycles. The minimum absolute atomic E-state index is 0.0410. The molecular formula is C24H33N5O8. The van der Waals surface area contributed by atoms with E-state index < -0.39 is 59.7 Å². The number of nitrogens with two attached hydrogens (primary N) is 2. The van der Waals surface area contributed by atoms with Crippen LogP contribution in [-0.4, -0.2) is 81.4 Å². The van der Waals surface area contributed by atoms with Gasteiger partial charge in [-0.3, -0.25) is 24.0 Å². The summed E-state index contributed by atoms with van der Waals surface area (Å²) in [5, 5.41) is 23.3. The summed E-state index contributed by atoms with van der Waals surface area (Å²) in [6.45, 7) is 0.251. The molecule has 4 amide bonds. The largest absolute Gasteiger partial charge is 0.481 e. The van der Waals surface area contributed by atoms with Gasteiger partial charge in [-0.05, 0) is 31.2 Å². The second-order valence-corrected chi connectivity index (χ2v) is 8.88. The van der Waals surface area contributed by atoms with Gasteiger partial charge in [0.1, 0.15) is 18.1 Å². The number of carboxylic acid groups (broad SMARTS) is 2. The van der Waals surface area contributed by atoms with Gasteiger partial charge < -0.3 is 37.2 Å². The fraction of sp³-hybridized carbons (Fsp3) is 0.500. The van der Waals surface area contributed by atoms with Gasteiger partial charge in [-0.15, -0.1) is 0 Å². The molecule has 8 N–H and O–H groups in total. The number of hydrogen-bond donors (Lipinski definition) is 6. The van der Waals surface area contributed by atoms with Gasteiger partial charge in [0.2, 0.25) is 23.6 Å². The maximum Gasteiger partial charge on any atom is 0.326 e. The fourth-order valence-electron chi connectivity index (χ4n) is 4.06. The topological polar surface area (TPSA) is 222 Å². The van der Waals surface area contributed by atoms with Crippen LogP contribution in [0.4, 0.5) is 0 Å². The third-order valence-electron chi connectivity index (χ3n) is 6.03. The molecule has 1 aromatic carbocycles. The highest BCUT2D eigenvalue weighted by atomic mass is 16.4. The van der Waals surface area contributed by atoms with Crippen molar-refractivity contribution < 1.29 is 39.0 Å². The summed E-state index contributed by atoms with van der Waals surface area (Å²) < 4.78 is 0. The van der Waals surface area contributed by atoms with E-state index in [1.807, 2.05) is 0 Å². The predicted octanol–water partition coefficient (Wildman–Crippen LogP) is -1.27. The van der Waals surface area contributed by atoms with E-state index in [-0.39, 0.29) is 38.6 Å². The zero-order valence-electron chi connectivity index (χ0n) is 20.3. The molecule has 0 saturated carbocycles. The first-order valence-corrected chi connectivity index (χ1v) is 11.9. The molecule has 37 heavy (non-hydrogen) atoms. The number of amides is 4. The summed E-state index contributed by atoms with van der Waals surface area (Å²) >= 11 is 0. The van der Waals surface area contributed by atoms with Crippen LogP contribution in [0.2, 0.25) is 0 Å². The van der Waals surface area contributed by atoms with E-state index >= 15 is 0 Å². The lowest BCUT2D eigenvalue weighted by Crippen LogP contribution is -2.57. The van der Waals surface area contributed by atoms with Crippen LogP contribution >= 0.6 is 0 Å². The van der Waals surface area contributed by atoms with Crippen molar-refractivity contribution in [1.82, 2.24) is 15.5 Å². The first-order chi connectivity index (χ1) is 17.5. The summed E-state index contributed by atoms with van der Waals surface area (Å²) in [5.74, 6) is -5.12. The average Bonchev–Trinajstić information content (AvgIpc) is 3.34. The molecule has 2 rings (SSSR count). The molecule has 0 aliphatic carbocycles. The number of rotatable bonds is 14. The molecule has 4 atom stereocenters. The number of benzene rings is 1. The van der Waals surface area contributed by atoms with Crippen LogP contribution in [-0.2, 0) is 35.2 Å². The molecule has 1 aliphatic heterocycles. The van der Waals surface area contributed by atoms with Gasteiger partial charge >= 0.3 is 11.9 Å². The number of hydrogen-bond acceptors (Lipinski definition) is 7. The molecule has 1 heterocycles. The van der Waals surface area contributed by atoms with Crippen molar-refractivity contribution in [2.75, 3.05) is 6.54 Å². The van der Waals surface area contributed by atoms with Crippen LogP contribution in [0.3, 0.4) is 0 Å². The summed E-state index contributed by atoms with van der Waals surface area (Å²) in [5.41, 5.74) is 11.6. The van der Waals surface area contributed by atoms with Crippen molar-refractivity contribution in [2.24, 2.45) is 11.5 Å². The maximum atomic E-state index is 13.2. The molecule has 13 heteroatoms. The molecule has 13 nitrogen and oxygen atoms in total. The Morgan fingerprint density at radius 3 is 2.24 bits per heavy atom. The van der Waals surface area contributed by atoms with Gasteiger partial charge in [0.05, 0.1) is 6.04 Å². The number of carbonyl (C=O) groups excluding carboxylic acids is 4. The van der Waals surface area contributed by atoms with Crippen molar-refractivity contribution in [2.45, 2.75) is 69.1 Å². The number of carboxylic acids is 2. The predicted molar refractivity (Wildman–Crippen MR) is 130 cm³/mol. The Morgan fingerprint density at radius 1 is 0.973 bits per heavy atom. The number of primary amides is 1. The van der Waals surface area contributed by atoms with Gasteiger partial charge in [-0.25, -0.2) is 4.79 Å². The van der Waals surface area contributed by atoms with Gasteiger partial charge in [-0.1, -0.05) is 30.3 Å². The smallest absolute Gasteiger partial charge is 0.326 e. The zero-order chi connectivity index (χ0) is 27.5. The highest BCUT2D eigenvalue weighted by Gasteiger charge is 2.38. The van der Waals surface area contributed by atoms with Crippen LogP contribution in [0.25, 0.3) is 0 Å². The Balaban J connectivity index is 2.16. The first-order valence-electron chi connectivity index (χ1n) is 11.9. The van der Waals surface area contributed by atoms with Crippen molar-refractivity contribution in [3.63, 3.8) is 0 Å². The van der Waals surface area contributed by atoms with E-state index in [9.17, 15) is 33.9 Å². The number of carbonyl (C=O) groups is 6. The molecular weight excluding hydrogens is 486 g/mol. The molecule has 0 bridgehead atoms. The molecule has 1 aliphatic rings. The van der Waals surface area contributed by atoms with Crippen LogP contribution < -0.4 is 22.1 Å². The molecule has 0 radical (unpaired) electrons. The highest BCUT2D eigenvalue weighted by molar-refractivity contribution is 5.94. The van der Waals surface area contributed by atoms with Crippen molar-refractivity contribution >= 4 is 35.6 Å². The van der Waals surface area contributed by atoms with Crippen LogP contribution in [0.1, 0.15) is 44.1 Å². The standard InChI is InChI=1S/C24H33N5O8/c25-15(8-11-20(31)32)23(35)29-12-4-7-18(29)22(34)28-17(13-14-5-2-1-3-6-14)21(33)27-16(24(36)37)9-10-19(26)30/h1-3,5-6,15-18H,4,7-13,25H2,(H2,26,30)(H,27,33)(H,28,34)(H,31,32)(H,36,37). The second kappa shape index (κ2) is 13.9. The first kappa shape index (κ1) is 29.2. The van der Waals surface area contributed by atoms with Crippen molar-refractivity contribution in [3.8, 4) is 0 Å². The number of nitrogens with one attached hydrogen (secondary N) is 2. The van der Waals surface area contributed by atoms with E-state index in [0.717, 1.165) is 0 Å². The van der Waals surface area contributed by atoms with Crippen LogP contribution in [0.15, 0.2) is 30.3 Å². The molecule has 1 fully saturated rings. The molecule has 1 saturated heterocycles. The number of aliphatic carboxylic acids is 2. The minimum Gasteiger partial charge on any atom is -0.481 e. The van der Waals surface area contributed by atoms with Gasteiger partial charge in [0.25, 0.3) is 0 Å². The molecule has 4 unspecified atom stereocenters. The van der Waals surface area contributed by atoms with Crippen molar-refractivity contribution in [1.29, 1.82) is 0 Å². The lowest BCUT2D eigenvalue weighted by molar-refractivity contribution is -0.143. The fourth-order valence-corrected chi connectivity index (χ4v) is 4.06. The number of likely N-dealkylation sites (tertiary alicyclic amines) is 1. The average molecular weight is 520 g/mol. The molecule has 1 aromatic rings. The number of nitrogens with zero attached hydrogens (tertiary/aromatic N) is 1. The lowest BCUT2D eigenvalue weighted by atomic mass is 10.0. The van der Waals surface area contributed by atoms with Crippen LogP contribution in [0, 0.1) is 0 Å². The normalized spacial score (nSPS) is 17.3.